The normalized spacial score (nSPS) is 15.1. The first-order valence-electron chi connectivity index (χ1n) is 6.52. The van der Waals surface area contributed by atoms with Gasteiger partial charge in [0, 0.05) is 17.7 Å². The number of nitrogens with one attached hydrogen (secondary N) is 1. The van der Waals surface area contributed by atoms with Crippen LogP contribution in [0.25, 0.3) is 11.3 Å². The fraction of sp³-hybridized carbons (Fsp3) is 0.333. The first kappa shape index (κ1) is 12.0. The van der Waals surface area contributed by atoms with Gasteiger partial charge in [0.25, 0.3) is 0 Å². The fourth-order valence-electron chi connectivity index (χ4n) is 2.40. The number of nitrogens with zero attached hydrogens (tertiary/aromatic N) is 2. The van der Waals surface area contributed by atoms with Crippen molar-refractivity contribution < 1.29 is 4.74 Å². The van der Waals surface area contributed by atoms with Crippen LogP contribution in [0.2, 0.25) is 0 Å². The van der Waals surface area contributed by atoms with Gasteiger partial charge in [-0.25, -0.2) is 0 Å². The van der Waals surface area contributed by atoms with Gasteiger partial charge in [-0.15, -0.1) is 10.2 Å². The minimum Gasteiger partial charge on any atom is -0.482 e. The molecule has 1 aromatic carbocycles. The molecule has 0 bridgehead atoms. The molecular weight excluding hydrogens is 238 g/mol. The van der Waals surface area contributed by atoms with Crippen LogP contribution in [-0.4, -0.2) is 16.7 Å². The highest BCUT2D eigenvalue weighted by Gasteiger charge is 2.34. The third-order valence-corrected chi connectivity index (χ3v) is 3.31. The minimum absolute atomic E-state index is 0.399. The van der Waals surface area contributed by atoms with E-state index >= 15 is 0 Å². The third kappa shape index (κ3) is 1.93. The van der Waals surface area contributed by atoms with Crippen LogP contribution in [-0.2, 0) is 5.60 Å². The molecule has 4 nitrogen and oxygen atoms in total. The molecule has 0 atom stereocenters. The average molecular weight is 255 g/mol. The van der Waals surface area contributed by atoms with Gasteiger partial charge in [-0.1, -0.05) is 12.1 Å². The molecule has 0 saturated heterocycles. The molecule has 1 aromatic heterocycles. The first-order chi connectivity index (χ1) is 9.12. The predicted molar refractivity (Wildman–Crippen MR) is 75.3 cm³/mol. The molecule has 98 valence electrons. The van der Waals surface area contributed by atoms with Crippen molar-refractivity contribution in [1.29, 1.82) is 0 Å². The van der Waals surface area contributed by atoms with Crippen molar-refractivity contribution in [2.45, 2.75) is 26.4 Å². The Morgan fingerprint density at radius 3 is 2.79 bits per heavy atom. The lowest BCUT2D eigenvalue weighted by Crippen LogP contribution is -2.30. The lowest BCUT2D eigenvalue weighted by Gasteiger charge is -2.34. The van der Waals surface area contributed by atoms with E-state index in [4.69, 9.17) is 4.74 Å². The Kier molecular flexibility index (Phi) is 2.66. The predicted octanol–water partition coefficient (Wildman–Crippen LogP) is 3.20. The van der Waals surface area contributed by atoms with E-state index in [1.54, 1.807) is 0 Å². The molecule has 1 aliphatic rings. The van der Waals surface area contributed by atoms with Gasteiger partial charge in [0.1, 0.15) is 22.9 Å². The third-order valence-electron chi connectivity index (χ3n) is 3.31. The Morgan fingerprint density at radius 2 is 2.00 bits per heavy atom. The number of fused-ring (bicyclic) bond motifs is 3. The number of rotatable bonds is 2. The van der Waals surface area contributed by atoms with Gasteiger partial charge in [0.15, 0.2) is 0 Å². The summed E-state index contributed by atoms with van der Waals surface area (Å²) in [7, 11) is 0. The van der Waals surface area contributed by atoms with Crippen LogP contribution < -0.4 is 10.1 Å². The molecule has 4 heteroatoms. The zero-order valence-corrected chi connectivity index (χ0v) is 11.4. The molecule has 0 unspecified atom stereocenters. The second-order valence-corrected chi connectivity index (χ2v) is 5.13. The first-order valence-corrected chi connectivity index (χ1v) is 6.52. The maximum atomic E-state index is 6.08. The van der Waals surface area contributed by atoms with Crippen LogP contribution >= 0.6 is 0 Å². The smallest absolute Gasteiger partial charge is 0.149 e. The average Bonchev–Trinajstić information content (AvgIpc) is 2.39. The second kappa shape index (κ2) is 4.23. The molecular formula is C15H17N3O. The molecule has 0 radical (unpaired) electrons. The maximum Gasteiger partial charge on any atom is 0.149 e. The molecule has 2 heterocycles. The summed E-state index contributed by atoms with van der Waals surface area (Å²) in [6.45, 7) is 6.97. The van der Waals surface area contributed by atoms with Crippen molar-refractivity contribution in [3.8, 4) is 17.0 Å². The summed E-state index contributed by atoms with van der Waals surface area (Å²) in [5.74, 6) is 1.66. The Bertz CT molecular complexity index is 623. The molecule has 0 spiro atoms. The molecule has 0 amide bonds. The van der Waals surface area contributed by atoms with Crippen LogP contribution in [0, 0.1) is 0 Å². The number of hydrogen-bond donors (Lipinski definition) is 1. The van der Waals surface area contributed by atoms with E-state index in [0.717, 1.165) is 34.9 Å². The highest BCUT2D eigenvalue weighted by Crippen LogP contribution is 2.43. The molecule has 2 aromatic rings. The van der Waals surface area contributed by atoms with E-state index in [-0.39, 0.29) is 0 Å². The molecule has 1 aliphatic heterocycles. The molecule has 0 fully saturated rings. The summed E-state index contributed by atoms with van der Waals surface area (Å²) in [4.78, 5) is 0. The SMILES string of the molecule is CCNc1cc2c(nn1)-c1ccccc1OC2(C)C. The summed E-state index contributed by atoms with van der Waals surface area (Å²) < 4.78 is 6.08. The Balaban J connectivity index is 2.20. The van der Waals surface area contributed by atoms with E-state index in [1.807, 2.05) is 37.3 Å². The monoisotopic (exact) mass is 255 g/mol. The van der Waals surface area contributed by atoms with Crippen molar-refractivity contribution in [3.05, 3.63) is 35.9 Å². The number of aromatic nitrogens is 2. The van der Waals surface area contributed by atoms with E-state index in [1.165, 1.54) is 0 Å². The van der Waals surface area contributed by atoms with Gasteiger partial charge in [-0.05, 0) is 39.0 Å². The van der Waals surface area contributed by atoms with Gasteiger partial charge in [-0.2, -0.15) is 0 Å². The molecule has 0 saturated carbocycles. The molecule has 3 rings (SSSR count). The Labute approximate surface area is 112 Å². The van der Waals surface area contributed by atoms with Crippen molar-refractivity contribution in [1.82, 2.24) is 10.2 Å². The quantitative estimate of drug-likeness (QED) is 0.895. The zero-order valence-electron chi connectivity index (χ0n) is 11.4. The van der Waals surface area contributed by atoms with Gasteiger partial charge in [0.2, 0.25) is 0 Å². The number of anilines is 1. The lowest BCUT2D eigenvalue weighted by atomic mass is 9.90. The topological polar surface area (TPSA) is 47.0 Å². The van der Waals surface area contributed by atoms with Crippen molar-refractivity contribution in [3.63, 3.8) is 0 Å². The number of hydrogen-bond acceptors (Lipinski definition) is 4. The Hall–Kier alpha value is -2.10. The van der Waals surface area contributed by atoms with E-state index < -0.39 is 5.60 Å². The largest absolute Gasteiger partial charge is 0.482 e. The fourth-order valence-corrected chi connectivity index (χ4v) is 2.40. The van der Waals surface area contributed by atoms with Crippen LogP contribution in [0.3, 0.4) is 0 Å². The van der Waals surface area contributed by atoms with Crippen LogP contribution in [0.4, 0.5) is 5.82 Å². The molecule has 19 heavy (non-hydrogen) atoms. The van der Waals surface area contributed by atoms with Gasteiger partial charge < -0.3 is 10.1 Å². The summed E-state index contributed by atoms with van der Waals surface area (Å²) in [5, 5.41) is 11.8. The van der Waals surface area contributed by atoms with Crippen molar-refractivity contribution in [2.24, 2.45) is 0 Å². The van der Waals surface area contributed by atoms with Crippen LogP contribution in [0.1, 0.15) is 26.3 Å². The second-order valence-electron chi connectivity index (χ2n) is 5.13. The molecule has 1 N–H and O–H groups in total. The van der Waals surface area contributed by atoms with E-state index in [0.29, 0.717) is 0 Å². The number of benzene rings is 1. The summed E-state index contributed by atoms with van der Waals surface area (Å²) in [5.41, 5.74) is 2.59. The van der Waals surface area contributed by atoms with Crippen LogP contribution in [0.15, 0.2) is 30.3 Å². The van der Waals surface area contributed by atoms with Crippen molar-refractivity contribution in [2.75, 3.05) is 11.9 Å². The van der Waals surface area contributed by atoms with Crippen LogP contribution in [0.5, 0.6) is 5.75 Å². The number of para-hydroxylation sites is 1. The highest BCUT2D eigenvalue weighted by atomic mass is 16.5. The summed E-state index contributed by atoms with van der Waals surface area (Å²) in [6, 6.07) is 9.98. The zero-order chi connectivity index (χ0) is 13.5. The maximum absolute atomic E-state index is 6.08. The van der Waals surface area contributed by atoms with Gasteiger partial charge in [-0.3, -0.25) is 0 Å². The minimum atomic E-state index is -0.399. The standard InChI is InChI=1S/C15H17N3O/c1-4-16-13-9-11-14(18-17-13)10-7-5-6-8-12(10)19-15(11,2)3/h5-9H,4H2,1-3H3,(H,16,17). The Morgan fingerprint density at radius 1 is 1.21 bits per heavy atom. The highest BCUT2D eigenvalue weighted by molar-refractivity contribution is 5.73. The summed E-state index contributed by atoms with van der Waals surface area (Å²) >= 11 is 0. The lowest BCUT2D eigenvalue weighted by molar-refractivity contribution is 0.105. The van der Waals surface area contributed by atoms with Gasteiger partial charge in [0.05, 0.1) is 0 Å². The van der Waals surface area contributed by atoms with E-state index in [2.05, 4.69) is 29.4 Å². The van der Waals surface area contributed by atoms with Crippen molar-refractivity contribution >= 4 is 5.82 Å². The number of ether oxygens (including phenoxy) is 1. The molecule has 0 aliphatic carbocycles. The van der Waals surface area contributed by atoms with E-state index in [9.17, 15) is 0 Å². The summed E-state index contributed by atoms with van der Waals surface area (Å²) in [6.07, 6.45) is 0. The van der Waals surface area contributed by atoms with Gasteiger partial charge >= 0.3 is 0 Å².